The predicted molar refractivity (Wildman–Crippen MR) is 108 cm³/mol. The molecule has 1 heterocycles. The zero-order valence-corrected chi connectivity index (χ0v) is 16.5. The highest BCUT2D eigenvalue weighted by molar-refractivity contribution is 14.0. The van der Waals surface area contributed by atoms with Gasteiger partial charge in [-0.15, -0.1) is 24.0 Å². The second-order valence-electron chi connectivity index (χ2n) is 5.72. The molecule has 130 valence electrons. The first-order valence-corrected chi connectivity index (χ1v) is 8.47. The van der Waals surface area contributed by atoms with Crippen molar-refractivity contribution in [1.29, 1.82) is 0 Å². The lowest BCUT2D eigenvalue weighted by Gasteiger charge is -2.20. The first-order valence-electron chi connectivity index (χ1n) is 8.47. The molecular weight excluding hydrogens is 401 g/mol. The van der Waals surface area contributed by atoms with E-state index in [9.17, 15) is 0 Å². The minimum absolute atomic E-state index is 0. The minimum Gasteiger partial charge on any atom is -0.381 e. The van der Waals surface area contributed by atoms with Crippen molar-refractivity contribution in [2.24, 2.45) is 4.99 Å². The molecule has 1 aliphatic rings. The molecule has 0 saturated carbocycles. The summed E-state index contributed by atoms with van der Waals surface area (Å²) in [5, 5.41) is 3.45. The molecule has 1 N–H and O–H groups in total. The molecule has 2 rings (SSSR count). The molecule has 0 unspecified atom stereocenters. The minimum atomic E-state index is 0. The van der Waals surface area contributed by atoms with Crippen LogP contribution in [0.15, 0.2) is 35.3 Å². The van der Waals surface area contributed by atoms with Crippen LogP contribution in [0.4, 0.5) is 0 Å². The maximum atomic E-state index is 5.70. The average molecular weight is 431 g/mol. The third-order valence-electron chi connectivity index (χ3n) is 3.99. The molecular formula is C18H30IN3O. The number of nitrogens with zero attached hydrogens (tertiary/aromatic N) is 2. The van der Waals surface area contributed by atoms with Crippen LogP contribution >= 0.6 is 24.0 Å². The monoisotopic (exact) mass is 431 g/mol. The molecule has 0 aliphatic carbocycles. The Balaban J connectivity index is 0.00000264. The van der Waals surface area contributed by atoms with Crippen molar-refractivity contribution in [2.45, 2.75) is 32.1 Å². The van der Waals surface area contributed by atoms with Crippen molar-refractivity contribution in [3.05, 3.63) is 35.9 Å². The van der Waals surface area contributed by atoms with Gasteiger partial charge in [-0.2, -0.15) is 0 Å². The molecule has 1 saturated heterocycles. The SMILES string of the molecule is CN=C(NCCCCOCCc1ccccc1)N1CCCC1.I. The molecule has 1 aromatic rings. The van der Waals surface area contributed by atoms with Crippen LogP contribution in [0.2, 0.25) is 0 Å². The summed E-state index contributed by atoms with van der Waals surface area (Å²) in [6.45, 7) is 4.92. The van der Waals surface area contributed by atoms with Gasteiger partial charge in [-0.3, -0.25) is 4.99 Å². The quantitative estimate of drug-likeness (QED) is 0.297. The van der Waals surface area contributed by atoms with E-state index in [0.717, 1.165) is 58.1 Å². The van der Waals surface area contributed by atoms with Crippen molar-refractivity contribution in [1.82, 2.24) is 10.2 Å². The lowest BCUT2D eigenvalue weighted by Crippen LogP contribution is -2.39. The second-order valence-corrected chi connectivity index (χ2v) is 5.72. The van der Waals surface area contributed by atoms with Gasteiger partial charge in [0.25, 0.3) is 0 Å². The van der Waals surface area contributed by atoms with Crippen LogP contribution in [-0.2, 0) is 11.2 Å². The van der Waals surface area contributed by atoms with Gasteiger partial charge in [0, 0.05) is 33.3 Å². The fourth-order valence-electron chi connectivity index (χ4n) is 2.73. The van der Waals surface area contributed by atoms with Crippen molar-refractivity contribution in [3.8, 4) is 0 Å². The summed E-state index contributed by atoms with van der Waals surface area (Å²) in [4.78, 5) is 6.69. The van der Waals surface area contributed by atoms with E-state index in [1.807, 2.05) is 13.1 Å². The zero-order valence-electron chi connectivity index (χ0n) is 14.2. The van der Waals surface area contributed by atoms with Crippen LogP contribution in [-0.4, -0.2) is 50.8 Å². The summed E-state index contributed by atoms with van der Waals surface area (Å²) in [5.41, 5.74) is 1.35. The number of hydrogen-bond donors (Lipinski definition) is 1. The van der Waals surface area contributed by atoms with Crippen LogP contribution in [0.5, 0.6) is 0 Å². The molecule has 0 radical (unpaired) electrons. The van der Waals surface area contributed by atoms with Crippen molar-refractivity contribution < 1.29 is 4.74 Å². The van der Waals surface area contributed by atoms with Crippen LogP contribution < -0.4 is 5.32 Å². The Bertz CT molecular complexity index is 433. The smallest absolute Gasteiger partial charge is 0.193 e. The molecule has 1 aliphatic heterocycles. The third kappa shape index (κ3) is 8.01. The fraction of sp³-hybridized carbons (Fsp3) is 0.611. The summed E-state index contributed by atoms with van der Waals surface area (Å²) in [6.07, 6.45) is 5.80. The van der Waals surface area contributed by atoms with E-state index in [4.69, 9.17) is 4.74 Å². The lowest BCUT2D eigenvalue weighted by atomic mass is 10.2. The number of ether oxygens (including phenoxy) is 1. The van der Waals surface area contributed by atoms with E-state index in [2.05, 4.69) is 39.5 Å². The maximum Gasteiger partial charge on any atom is 0.193 e. The Labute approximate surface area is 157 Å². The summed E-state index contributed by atoms with van der Waals surface area (Å²) in [7, 11) is 1.87. The highest BCUT2D eigenvalue weighted by Gasteiger charge is 2.14. The van der Waals surface area contributed by atoms with Crippen LogP contribution in [0.25, 0.3) is 0 Å². The number of hydrogen-bond acceptors (Lipinski definition) is 2. The molecule has 1 fully saturated rings. The number of unbranched alkanes of at least 4 members (excludes halogenated alkanes) is 1. The molecule has 23 heavy (non-hydrogen) atoms. The van der Waals surface area contributed by atoms with Gasteiger partial charge in [0.05, 0.1) is 6.61 Å². The maximum absolute atomic E-state index is 5.70. The summed E-state index contributed by atoms with van der Waals surface area (Å²) < 4.78 is 5.70. The molecule has 1 aromatic carbocycles. The second kappa shape index (κ2) is 12.6. The Morgan fingerprint density at radius 1 is 1.13 bits per heavy atom. The summed E-state index contributed by atoms with van der Waals surface area (Å²) in [6, 6.07) is 10.5. The van der Waals surface area contributed by atoms with Gasteiger partial charge in [0.2, 0.25) is 0 Å². The Morgan fingerprint density at radius 2 is 1.87 bits per heavy atom. The van der Waals surface area contributed by atoms with Crippen LogP contribution in [0, 0.1) is 0 Å². The predicted octanol–water partition coefficient (Wildman–Crippen LogP) is 3.32. The summed E-state index contributed by atoms with van der Waals surface area (Å²) in [5.74, 6) is 1.06. The van der Waals surface area contributed by atoms with E-state index in [-0.39, 0.29) is 24.0 Å². The molecule has 0 atom stereocenters. The third-order valence-corrected chi connectivity index (χ3v) is 3.99. The first kappa shape index (κ1) is 20.2. The van der Waals surface area contributed by atoms with E-state index in [1.165, 1.54) is 18.4 Å². The van der Waals surface area contributed by atoms with Gasteiger partial charge in [-0.05, 0) is 37.7 Å². The largest absolute Gasteiger partial charge is 0.381 e. The number of likely N-dealkylation sites (tertiary alicyclic amines) is 1. The van der Waals surface area contributed by atoms with Crippen LogP contribution in [0.1, 0.15) is 31.2 Å². The molecule has 0 spiro atoms. The van der Waals surface area contributed by atoms with E-state index < -0.39 is 0 Å². The number of benzene rings is 1. The van der Waals surface area contributed by atoms with E-state index in [1.54, 1.807) is 0 Å². The molecule has 0 bridgehead atoms. The lowest BCUT2D eigenvalue weighted by molar-refractivity contribution is 0.133. The topological polar surface area (TPSA) is 36.9 Å². The van der Waals surface area contributed by atoms with Gasteiger partial charge in [-0.25, -0.2) is 0 Å². The Kier molecular flexibility index (Phi) is 11.1. The summed E-state index contributed by atoms with van der Waals surface area (Å²) >= 11 is 0. The van der Waals surface area contributed by atoms with E-state index in [0.29, 0.717) is 0 Å². The molecule has 0 aromatic heterocycles. The van der Waals surface area contributed by atoms with Crippen molar-refractivity contribution in [2.75, 3.05) is 39.9 Å². The van der Waals surface area contributed by atoms with Gasteiger partial charge in [0.15, 0.2) is 5.96 Å². The number of guanidine groups is 1. The molecule has 4 nitrogen and oxygen atoms in total. The Hall–Kier alpha value is -0.820. The zero-order chi connectivity index (χ0) is 15.5. The number of halogens is 1. The number of aliphatic imine (C=N–C) groups is 1. The highest BCUT2D eigenvalue weighted by Crippen LogP contribution is 2.07. The first-order chi connectivity index (χ1) is 10.9. The fourth-order valence-corrected chi connectivity index (χ4v) is 2.73. The number of rotatable bonds is 8. The standard InChI is InChI=1S/C18H29N3O.HI/c1-19-18(21-13-6-7-14-21)20-12-5-8-15-22-16-11-17-9-3-2-4-10-17;/h2-4,9-10H,5-8,11-16H2,1H3,(H,19,20);1H. The number of nitrogens with one attached hydrogen (secondary N) is 1. The average Bonchev–Trinajstić information content (AvgIpc) is 3.09. The van der Waals surface area contributed by atoms with Gasteiger partial charge < -0.3 is 15.0 Å². The Morgan fingerprint density at radius 3 is 2.57 bits per heavy atom. The van der Waals surface area contributed by atoms with E-state index >= 15 is 0 Å². The van der Waals surface area contributed by atoms with Crippen LogP contribution in [0.3, 0.4) is 0 Å². The molecule has 5 heteroatoms. The normalized spacial score (nSPS) is 14.7. The van der Waals surface area contributed by atoms with Crippen molar-refractivity contribution in [3.63, 3.8) is 0 Å². The van der Waals surface area contributed by atoms with Gasteiger partial charge >= 0.3 is 0 Å². The molecule has 0 amide bonds. The van der Waals surface area contributed by atoms with Gasteiger partial charge in [-0.1, -0.05) is 30.3 Å². The highest BCUT2D eigenvalue weighted by atomic mass is 127. The van der Waals surface area contributed by atoms with Gasteiger partial charge in [0.1, 0.15) is 0 Å². The van der Waals surface area contributed by atoms with Crippen molar-refractivity contribution >= 4 is 29.9 Å².